The summed E-state index contributed by atoms with van der Waals surface area (Å²) in [7, 11) is -27.1. The maximum absolute atomic E-state index is 12.6. The number of imidazole rings is 1. The predicted octanol–water partition coefficient (Wildman–Crippen LogP) is 8.72. The van der Waals surface area contributed by atoms with E-state index in [-0.39, 0.29) is 108 Å². The van der Waals surface area contributed by atoms with Gasteiger partial charge in [0.05, 0.1) is 47.6 Å². The smallest absolute Gasteiger partial charge is 0.296 e. The van der Waals surface area contributed by atoms with Crippen LogP contribution in [0.2, 0.25) is 0 Å². The number of nitriles is 1. The van der Waals surface area contributed by atoms with Crippen LogP contribution in [0.1, 0.15) is 29.5 Å². The van der Waals surface area contributed by atoms with Gasteiger partial charge in [-0.3, -0.25) is 31.7 Å². The second-order valence-electron chi connectivity index (χ2n) is 17.7. The zero-order chi connectivity index (χ0) is 62.5. The third-order valence-corrected chi connectivity index (χ3v) is 19.2. The predicted molar refractivity (Wildman–Crippen MR) is 302 cm³/mol. The van der Waals surface area contributed by atoms with Gasteiger partial charge in [0.1, 0.15) is 77.2 Å². The van der Waals surface area contributed by atoms with E-state index in [4.69, 9.17) is 14.2 Å². The number of methoxy groups -OCH3 is 2. The van der Waals surface area contributed by atoms with Crippen molar-refractivity contribution in [2.24, 2.45) is 30.7 Å². The van der Waals surface area contributed by atoms with Gasteiger partial charge in [0.15, 0.2) is 11.3 Å². The molecule has 5 aromatic carbocycles. The van der Waals surface area contributed by atoms with Crippen LogP contribution in [-0.4, -0.2) is 135 Å². The highest BCUT2D eigenvalue weighted by Crippen LogP contribution is 2.47. The highest BCUT2D eigenvalue weighted by Gasteiger charge is 2.30. The highest BCUT2D eigenvalue weighted by molar-refractivity contribution is 7.99. The lowest BCUT2D eigenvalue weighted by Crippen LogP contribution is -2.08. The summed E-state index contributed by atoms with van der Waals surface area (Å²) in [4.78, 5) is 4.78. The largest absolute Gasteiger partial charge is 0.494 e. The number of ether oxygens (including phenoxy) is 3. The van der Waals surface area contributed by atoms with Gasteiger partial charge in [-0.25, -0.2) is 9.97 Å². The number of aromatic nitrogens is 3. The zero-order valence-electron chi connectivity index (χ0n) is 43.4. The first kappa shape index (κ1) is 63.5. The van der Waals surface area contributed by atoms with Crippen LogP contribution in [0, 0.1) is 25.2 Å². The molecule has 0 fully saturated rings. The lowest BCUT2D eigenvalue weighted by atomic mass is 10.1. The van der Waals surface area contributed by atoms with Crippen LogP contribution >= 0.6 is 23.1 Å². The number of thioether (sulfide) groups is 1. The number of thiazole rings is 1. The van der Waals surface area contributed by atoms with Crippen LogP contribution in [0.5, 0.6) is 23.1 Å². The van der Waals surface area contributed by atoms with E-state index in [1.165, 1.54) is 51.5 Å². The fraction of sp³-hybridized carbons (Fsp3) is 0.222. The van der Waals surface area contributed by atoms with Gasteiger partial charge in [0.25, 0.3) is 60.7 Å². The topological polar surface area (TPSA) is 502 Å². The Balaban J connectivity index is 1.23. The molecule has 0 saturated heterocycles. The third kappa shape index (κ3) is 13.9. The van der Waals surface area contributed by atoms with Crippen LogP contribution in [-0.2, 0) is 60.7 Å². The Morgan fingerprint density at radius 1 is 0.624 bits per heavy atom. The maximum atomic E-state index is 12.6. The number of nitrogens with zero attached hydrogens (tertiary/aromatic N) is 10. The molecule has 0 bridgehead atoms. The van der Waals surface area contributed by atoms with E-state index in [2.05, 4.69) is 40.7 Å². The van der Waals surface area contributed by atoms with Gasteiger partial charge in [-0.05, 0) is 80.5 Å². The van der Waals surface area contributed by atoms with E-state index in [0.29, 0.717) is 29.0 Å². The molecule has 0 aliphatic rings. The summed E-state index contributed by atoms with van der Waals surface area (Å²) in [5, 5.41) is 46.2. The van der Waals surface area contributed by atoms with Crippen molar-refractivity contribution in [3.63, 3.8) is 0 Å². The van der Waals surface area contributed by atoms with Crippen molar-refractivity contribution in [2.45, 2.75) is 51.2 Å². The lowest BCUT2D eigenvalue weighted by Gasteiger charge is -2.12. The number of aryl methyl sites for hydroxylation is 1. The van der Waals surface area contributed by atoms with Gasteiger partial charge in [0, 0.05) is 33.4 Å². The first-order chi connectivity index (χ1) is 39.5. The lowest BCUT2D eigenvalue weighted by molar-refractivity contribution is 0.317. The van der Waals surface area contributed by atoms with E-state index in [1.807, 2.05) is 6.07 Å². The molecular formula is C45H40N10O22S8. The molecule has 32 nitrogen and oxygen atoms in total. The molecule has 8 rings (SSSR count). The maximum Gasteiger partial charge on any atom is 0.296 e. The van der Waals surface area contributed by atoms with Gasteiger partial charge >= 0.3 is 0 Å². The fourth-order valence-electron chi connectivity index (χ4n) is 8.18. The Kier molecular flexibility index (Phi) is 17.7. The SMILES string of the molecule is COc1cc(N=Nc2cc(OCCCS(=O)(=O)O)c(N=Nc3c(C)c(C#N)c4nc5c(OC)ccc(S(=O)(=O)O)c5n4c3O)cc2C)c(SCCCS(=O)(=O)O)cc1N=Nc1nc2c(S(=O)(=O)O)cc3c(S(=O)(=O)O)cc(S(=O)(=O)O)cc3c2s1. The standard InChI is InChI=1S/C45H40N10O22S8/c1-21-13-28(50-53-38-22(2)26(20-46)43-47-39-31(75-3)7-8-35(83(66,67)68)41(39)55(43)44(38)56)33(77-9-5-11-80(57,58)59)17-27(21)49-52-30-18-32(76-4)29(19-34(30)78-10-6-12-81(60,61)62)51-54-45-48-40-37(85(72,73)74)16-24-25(42(40)79-45)14-23(82(63,64)65)15-36(24)84(69,70)71/h7-8,13-19,56H,5-6,9-12H2,1-4H3,(H,57,58,59)(H,60,61,62)(H,63,64,65)(H,66,67,68)(H,69,70,71)(H,72,73,74). The van der Waals surface area contributed by atoms with Crippen LogP contribution in [0.15, 0.2) is 110 Å². The van der Waals surface area contributed by atoms with Gasteiger partial charge in [0.2, 0.25) is 11.0 Å². The average molecular weight is 1330 g/mol. The summed E-state index contributed by atoms with van der Waals surface area (Å²) in [6.07, 6.45) is -0.360. The van der Waals surface area contributed by atoms with Crippen molar-refractivity contribution in [2.75, 3.05) is 38.1 Å². The molecule has 85 heavy (non-hydrogen) atoms. The van der Waals surface area contributed by atoms with Gasteiger partial charge < -0.3 is 19.3 Å². The Morgan fingerprint density at radius 2 is 1.22 bits per heavy atom. The molecule has 0 aliphatic carbocycles. The average Bonchev–Trinajstić information content (AvgIpc) is 1.76. The number of hydrogen-bond acceptors (Lipinski definition) is 27. The molecular weight excluding hydrogens is 1290 g/mol. The van der Waals surface area contributed by atoms with Gasteiger partial charge in [-0.2, -0.15) is 60.9 Å². The van der Waals surface area contributed by atoms with E-state index in [0.717, 1.165) is 28.3 Å². The van der Waals surface area contributed by atoms with Crippen molar-refractivity contribution >= 4 is 155 Å². The number of pyridine rings is 1. The number of hydrogen-bond donors (Lipinski definition) is 7. The van der Waals surface area contributed by atoms with Crippen molar-refractivity contribution in [1.29, 1.82) is 5.26 Å². The molecule has 3 aromatic heterocycles. The monoisotopic (exact) mass is 1330 g/mol. The quantitative estimate of drug-likeness (QED) is 0.0144. The summed E-state index contributed by atoms with van der Waals surface area (Å²) < 4.78 is 222. The molecule has 0 spiro atoms. The summed E-state index contributed by atoms with van der Waals surface area (Å²) in [5.41, 5.74) is -1.77. The van der Waals surface area contributed by atoms with Crippen LogP contribution < -0.4 is 14.2 Å². The van der Waals surface area contributed by atoms with E-state index in [9.17, 15) is 88.2 Å². The Labute approximate surface area is 489 Å². The molecule has 7 N–H and O–H groups in total. The molecule has 0 saturated carbocycles. The van der Waals surface area contributed by atoms with Gasteiger partial charge in [-0.1, -0.05) is 11.3 Å². The van der Waals surface area contributed by atoms with Crippen molar-refractivity contribution < 1.29 is 97.1 Å². The Morgan fingerprint density at radius 3 is 1.84 bits per heavy atom. The molecule has 0 atom stereocenters. The summed E-state index contributed by atoms with van der Waals surface area (Å²) >= 11 is 1.49. The van der Waals surface area contributed by atoms with Crippen LogP contribution in [0.25, 0.3) is 37.7 Å². The van der Waals surface area contributed by atoms with E-state index >= 15 is 0 Å². The fourth-order valence-corrected chi connectivity index (χ4v) is 14.0. The highest BCUT2D eigenvalue weighted by atomic mass is 32.2. The minimum absolute atomic E-state index is 0.00400. The van der Waals surface area contributed by atoms with Crippen LogP contribution in [0.3, 0.4) is 0 Å². The first-order valence-electron chi connectivity index (χ1n) is 23.3. The molecule has 0 unspecified atom stereocenters. The first-order valence-corrected chi connectivity index (χ1v) is 34.0. The Bertz CT molecular complexity index is 4990. The van der Waals surface area contributed by atoms with E-state index < -0.39 is 119 Å². The molecule has 40 heteroatoms. The molecule has 0 amide bonds. The number of fused-ring (bicyclic) bond motifs is 6. The molecule has 8 aromatic rings. The van der Waals surface area contributed by atoms with E-state index in [1.54, 1.807) is 6.92 Å². The molecule has 3 heterocycles. The van der Waals surface area contributed by atoms with Crippen molar-refractivity contribution in [1.82, 2.24) is 14.4 Å². The number of benzene rings is 5. The summed E-state index contributed by atoms with van der Waals surface area (Å²) in [6, 6.07) is 11.2. The van der Waals surface area contributed by atoms with Crippen molar-refractivity contribution in [3.8, 4) is 29.2 Å². The van der Waals surface area contributed by atoms with Crippen LogP contribution in [0.4, 0.5) is 33.6 Å². The minimum atomic E-state index is -5.33. The normalized spacial score (nSPS) is 13.1. The summed E-state index contributed by atoms with van der Waals surface area (Å²) in [5.74, 6) is -2.37. The number of aromatic hydroxyl groups is 1. The number of azo groups is 3. The van der Waals surface area contributed by atoms with Gasteiger partial charge in [-0.15, -0.1) is 37.3 Å². The Hall–Kier alpha value is -7.50. The second kappa shape index (κ2) is 23.8. The molecule has 0 aliphatic heterocycles. The zero-order valence-corrected chi connectivity index (χ0v) is 50.0. The molecule has 0 radical (unpaired) electrons. The second-order valence-corrected chi connectivity index (χ2v) is 28.5. The van der Waals surface area contributed by atoms with Crippen molar-refractivity contribution in [3.05, 3.63) is 71.3 Å². The minimum Gasteiger partial charge on any atom is -0.494 e. The third-order valence-electron chi connectivity index (χ3n) is 12.0. The molecule has 450 valence electrons. The summed E-state index contributed by atoms with van der Waals surface area (Å²) in [6.45, 7) is 2.56. The number of rotatable bonds is 22.